The molecule has 2 aliphatic rings. The van der Waals surface area contributed by atoms with Gasteiger partial charge < -0.3 is 24.4 Å². The number of fused-ring (bicyclic) bond motifs is 1. The van der Waals surface area contributed by atoms with Gasteiger partial charge in [0.1, 0.15) is 0 Å². The first-order valence-corrected chi connectivity index (χ1v) is 11.3. The number of halogens is 2. The number of para-hydroxylation sites is 2. The van der Waals surface area contributed by atoms with Crippen molar-refractivity contribution in [2.24, 2.45) is 18.9 Å². The van der Waals surface area contributed by atoms with E-state index >= 15 is 0 Å². The molecule has 0 saturated carbocycles. The van der Waals surface area contributed by atoms with Crippen LogP contribution in [0.5, 0.6) is 0 Å². The van der Waals surface area contributed by atoms with E-state index < -0.39 is 0 Å². The van der Waals surface area contributed by atoms with E-state index in [1.54, 1.807) is 0 Å². The van der Waals surface area contributed by atoms with Crippen LogP contribution in [0.1, 0.15) is 30.9 Å². The van der Waals surface area contributed by atoms with Crippen LogP contribution in [-0.4, -0.2) is 83.1 Å². The fraction of sp³-hybridized carbons (Fsp3) is 0.609. The zero-order valence-corrected chi connectivity index (χ0v) is 21.2. The molecule has 33 heavy (non-hydrogen) atoms. The van der Waals surface area contributed by atoms with Crippen molar-refractivity contribution in [1.82, 2.24) is 24.7 Å². The van der Waals surface area contributed by atoms with Crippen LogP contribution in [0.15, 0.2) is 24.3 Å². The number of amides is 2. The van der Waals surface area contributed by atoms with Crippen LogP contribution in [0.25, 0.3) is 11.0 Å². The summed E-state index contributed by atoms with van der Waals surface area (Å²) in [6.07, 6.45) is 0.672. The van der Waals surface area contributed by atoms with Crippen molar-refractivity contribution >= 4 is 47.7 Å². The minimum absolute atomic E-state index is 0. The number of carbonyl (C=O) groups is 2. The Balaban J connectivity index is 0.00000193. The lowest BCUT2D eigenvalue weighted by molar-refractivity contribution is -0.140. The predicted molar refractivity (Wildman–Crippen MR) is 133 cm³/mol. The SMILES string of the molecule is CC(C)CN(C(=O)c1nc2ccccc2n1C)[C@@H]1CNC[C@H](C(=O)N2CCOCC2)C1.Cl.Cl. The Bertz CT molecular complexity index is 945. The number of carbonyl (C=O) groups excluding carboxylic acids is 2. The summed E-state index contributed by atoms with van der Waals surface area (Å²) in [6, 6.07) is 7.75. The van der Waals surface area contributed by atoms with Crippen LogP contribution < -0.4 is 5.32 Å². The van der Waals surface area contributed by atoms with E-state index in [4.69, 9.17) is 4.74 Å². The van der Waals surface area contributed by atoms with Gasteiger partial charge in [0.25, 0.3) is 5.91 Å². The van der Waals surface area contributed by atoms with Gasteiger partial charge in [0.2, 0.25) is 5.91 Å². The quantitative estimate of drug-likeness (QED) is 0.682. The van der Waals surface area contributed by atoms with Gasteiger partial charge in [-0.25, -0.2) is 4.98 Å². The average molecular weight is 500 g/mol. The van der Waals surface area contributed by atoms with Crippen LogP contribution in [-0.2, 0) is 16.6 Å². The summed E-state index contributed by atoms with van der Waals surface area (Å²) >= 11 is 0. The molecule has 2 atom stereocenters. The zero-order valence-electron chi connectivity index (χ0n) is 19.5. The lowest BCUT2D eigenvalue weighted by Crippen LogP contribution is -2.56. The molecule has 2 aromatic rings. The first kappa shape index (κ1) is 27.4. The molecule has 1 aromatic heterocycles. The fourth-order valence-corrected chi connectivity index (χ4v) is 4.64. The summed E-state index contributed by atoms with van der Waals surface area (Å²) < 4.78 is 7.26. The molecule has 1 N–H and O–H groups in total. The van der Waals surface area contributed by atoms with Gasteiger partial charge in [0.05, 0.1) is 30.2 Å². The molecule has 2 fully saturated rings. The molecule has 0 spiro atoms. The van der Waals surface area contributed by atoms with Gasteiger partial charge in [-0.2, -0.15) is 0 Å². The van der Waals surface area contributed by atoms with Crippen LogP contribution in [0, 0.1) is 11.8 Å². The molecule has 8 nitrogen and oxygen atoms in total. The number of nitrogens with one attached hydrogen (secondary N) is 1. The van der Waals surface area contributed by atoms with E-state index in [-0.39, 0.29) is 48.6 Å². The molecule has 184 valence electrons. The predicted octanol–water partition coefficient (Wildman–Crippen LogP) is 2.35. The number of morpholine rings is 1. The highest BCUT2D eigenvalue weighted by atomic mass is 35.5. The zero-order chi connectivity index (χ0) is 22.0. The lowest BCUT2D eigenvalue weighted by Gasteiger charge is -2.40. The number of piperidine rings is 1. The lowest BCUT2D eigenvalue weighted by atomic mass is 9.92. The number of benzene rings is 1. The molecule has 10 heteroatoms. The number of nitrogens with zero attached hydrogens (tertiary/aromatic N) is 4. The Kier molecular flexibility index (Phi) is 9.97. The smallest absolute Gasteiger partial charge is 0.290 e. The first-order chi connectivity index (χ1) is 15.0. The van der Waals surface area contributed by atoms with E-state index in [9.17, 15) is 9.59 Å². The van der Waals surface area contributed by atoms with E-state index in [1.165, 1.54) is 0 Å². The summed E-state index contributed by atoms with van der Waals surface area (Å²) in [6.45, 7) is 8.69. The maximum absolute atomic E-state index is 13.7. The molecule has 0 unspecified atom stereocenters. The molecule has 2 saturated heterocycles. The fourth-order valence-electron chi connectivity index (χ4n) is 4.64. The largest absolute Gasteiger partial charge is 0.378 e. The van der Waals surface area contributed by atoms with Crippen molar-refractivity contribution in [3.05, 3.63) is 30.1 Å². The van der Waals surface area contributed by atoms with Gasteiger partial charge in [-0.1, -0.05) is 26.0 Å². The molecule has 2 amide bonds. The topological polar surface area (TPSA) is 79.7 Å². The van der Waals surface area contributed by atoms with Gasteiger partial charge in [-0.05, 0) is 24.5 Å². The van der Waals surface area contributed by atoms with Crippen LogP contribution >= 0.6 is 24.8 Å². The Morgan fingerprint density at radius 3 is 2.55 bits per heavy atom. The highest BCUT2D eigenvalue weighted by molar-refractivity contribution is 5.95. The number of hydrogen-bond donors (Lipinski definition) is 1. The third-order valence-corrected chi connectivity index (χ3v) is 6.24. The monoisotopic (exact) mass is 499 g/mol. The Morgan fingerprint density at radius 2 is 1.88 bits per heavy atom. The second-order valence-electron chi connectivity index (χ2n) is 9.02. The normalized spacial score (nSPS) is 20.8. The third-order valence-electron chi connectivity index (χ3n) is 6.24. The highest BCUT2D eigenvalue weighted by Gasteiger charge is 2.36. The number of ether oxygens (including phenoxy) is 1. The second kappa shape index (κ2) is 12.0. The second-order valence-corrected chi connectivity index (χ2v) is 9.02. The van der Waals surface area contributed by atoms with Crippen LogP contribution in [0.3, 0.4) is 0 Å². The molecule has 0 aliphatic carbocycles. The van der Waals surface area contributed by atoms with E-state index in [1.807, 2.05) is 45.7 Å². The van der Waals surface area contributed by atoms with Crippen molar-refractivity contribution < 1.29 is 14.3 Å². The maximum atomic E-state index is 13.7. The summed E-state index contributed by atoms with van der Waals surface area (Å²) in [5, 5.41) is 3.41. The summed E-state index contributed by atoms with van der Waals surface area (Å²) in [5.74, 6) is 0.732. The molecular weight excluding hydrogens is 465 g/mol. The maximum Gasteiger partial charge on any atom is 0.290 e. The first-order valence-electron chi connectivity index (χ1n) is 11.3. The van der Waals surface area contributed by atoms with Gasteiger partial charge in [-0.3, -0.25) is 9.59 Å². The minimum Gasteiger partial charge on any atom is -0.378 e. The van der Waals surface area contributed by atoms with Crippen molar-refractivity contribution in [2.75, 3.05) is 45.9 Å². The number of aryl methyl sites for hydroxylation is 1. The van der Waals surface area contributed by atoms with Gasteiger partial charge in [0, 0.05) is 45.8 Å². The summed E-state index contributed by atoms with van der Waals surface area (Å²) in [4.78, 5) is 35.2. The van der Waals surface area contributed by atoms with Gasteiger partial charge >= 0.3 is 0 Å². The molecular formula is C23H35Cl2N5O3. The van der Waals surface area contributed by atoms with Gasteiger partial charge in [-0.15, -0.1) is 24.8 Å². The summed E-state index contributed by atoms with van der Waals surface area (Å²) in [5.41, 5.74) is 1.76. The third kappa shape index (κ3) is 5.98. The van der Waals surface area contributed by atoms with Crippen molar-refractivity contribution in [2.45, 2.75) is 26.3 Å². The van der Waals surface area contributed by atoms with Crippen molar-refractivity contribution in [1.29, 1.82) is 0 Å². The highest BCUT2D eigenvalue weighted by Crippen LogP contribution is 2.23. The minimum atomic E-state index is -0.125. The van der Waals surface area contributed by atoms with Crippen molar-refractivity contribution in [3.63, 3.8) is 0 Å². The van der Waals surface area contributed by atoms with E-state index in [0.717, 1.165) is 11.0 Å². The van der Waals surface area contributed by atoms with Crippen LogP contribution in [0.4, 0.5) is 0 Å². The molecule has 0 radical (unpaired) electrons. The standard InChI is InChI=1S/C23H33N5O3.2ClH/c1-16(2)15-28(23(30)21-25-19-6-4-5-7-20(19)26(21)3)18-12-17(13-24-14-18)22(29)27-8-10-31-11-9-27;;/h4-7,16-18,24H,8-15H2,1-3H3;2*1H/t17-,18+;;/m1../s1. The Hall–Kier alpha value is -1.87. The van der Waals surface area contributed by atoms with Crippen LogP contribution in [0.2, 0.25) is 0 Å². The Labute approximate surface area is 207 Å². The Morgan fingerprint density at radius 1 is 1.18 bits per heavy atom. The van der Waals surface area contributed by atoms with E-state index in [0.29, 0.717) is 64.1 Å². The van der Waals surface area contributed by atoms with Gasteiger partial charge in [0.15, 0.2) is 5.82 Å². The number of rotatable bonds is 5. The number of aromatic nitrogens is 2. The molecule has 3 heterocycles. The molecule has 1 aromatic carbocycles. The van der Waals surface area contributed by atoms with Crippen molar-refractivity contribution in [3.8, 4) is 0 Å². The van der Waals surface area contributed by atoms with E-state index in [2.05, 4.69) is 24.1 Å². The molecule has 2 aliphatic heterocycles. The number of imidazole rings is 1. The average Bonchev–Trinajstić information content (AvgIpc) is 3.14. The summed E-state index contributed by atoms with van der Waals surface area (Å²) in [7, 11) is 1.89. The number of hydrogen-bond acceptors (Lipinski definition) is 5. The molecule has 0 bridgehead atoms. The molecule has 4 rings (SSSR count).